The van der Waals surface area contributed by atoms with E-state index in [1.165, 1.54) is 17.0 Å². The van der Waals surface area contributed by atoms with Gasteiger partial charge in [0.25, 0.3) is 0 Å². The number of halogens is 3. The van der Waals surface area contributed by atoms with Crippen LogP contribution < -0.4 is 26.6 Å². The molecule has 174 valence electrons. The summed E-state index contributed by atoms with van der Waals surface area (Å²) in [5.41, 5.74) is 5.62. The van der Waals surface area contributed by atoms with Gasteiger partial charge in [-0.05, 0) is 31.0 Å². The SMILES string of the molecule is Nc1ncc(C2CCC3NCC4C(=O)NC(=O)N(c5cccc(C(F)(F)F)c5)C4C3N2)cn1. The van der Waals surface area contributed by atoms with Crippen LogP contribution in [0.1, 0.15) is 30.0 Å². The second-order valence-electron chi connectivity index (χ2n) is 8.52. The van der Waals surface area contributed by atoms with Crippen LogP contribution in [0, 0.1) is 5.92 Å². The maximum absolute atomic E-state index is 13.3. The smallest absolute Gasteiger partial charge is 0.368 e. The van der Waals surface area contributed by atoms with Crippen molar-refractivity contribution in [3.05, 3.63) is 47.8 Å². The molecule has 0 saturated carbocycles. The van der Waals surface area contributed by atoms with Crippen LogP contribution in [0.2, 0.25) is 0 Å². The second kappa shape index (κ2) is 7.96. The Bertz CT molecular complexity index is 1080. The molecule has 0 aliphatic carbocycles. The fourth-order valence-corrected chi connectivity index (χ4v) is 5.07. The molecule has 1 aromatic heterocycles. The van der Waals surface area contributed by atoms with E-state index >= 15 is 0 Å². The minimum Gasteiger partial charge on any atom is -0.368 e. The van der Waals surface area contributed by atoms with Crippen molar-refractivity contribution in [3.8, 4) is 0 Å². The van der Waals surface area contributed by atoms with Gasteiger partial charge in [0.1, 0.15) is 0 Å². The van der Waals surface area contributed by atoms with Gasteiger partial charge in [0, 0.05) is 48.3 Å². The zero-order chi connectivity index (χ0) is 23.3. The van der Waals surface area contributed by atoms with Crippen LogP contribution in [0.25, 0.3) is 0 Å². The molecule has 0 radical (unpaired) electrons. The molecule has 3 aliphatic rings. The van der Waals surface area contributed by atoms with Gasteiger partial charge in [0.05, 0.1) is 17.5 Å². The lowest BCUT2D eigenvalue weighted by molar-refractivity contribution is -0.137. The number of alkyl halides is 3. The van der Waals surface area contributed by atoms with Crippen molar-refractivity contribution in [3.63, 3.8) is 0 Å². The molecule has 0 bridgehead atoms. The fourth-order valence-electron chi connectivity index (χ4n) is 5.07. The van der Waals surface area contributed by atoms with Crippen molar-refractivity contribution >= 4 is 23.6 Å². The van der Waals surface area contributed by atoms with E-state index in [9.17, 15) is 22.8 Å². The summed E-state index contributed by atoms with van der Waals surface area (Å²) in [5, 5.41) is 9.15. The highest BCUT2D eigenvalue weighted by atomic mass is 19.4. The maximum Gasteiger partial charge on any atom is 0.416 e. The minimum atomic E-state index is -4.56. The number of urea groups is 1. The third kappa shape index (κ3) is 3.89. The van der Waals surface area contributed by atoms with Crippen molar-refractivity contribution in [1.82, 2.24) is 25.9 Å². The molecular weight excluding hydrogens is 439 g/mol. The first kappa shape index (κ1) is 21.6. The number of nitrogen functional groups attached to an aromatic ring is 1. The lowest BCUT2D eigenvalue weighted by Crippen LogP contribution is -2.75. The van der Waals surface area contributed by atoms with Gasteiger partial charge < -0.3 is 16.4 Å². The van der Waals surface area contributed by atoms with E-state index in [2.05, 4.69) is 25.9 Å². The first-order chi connectivity index (χ1) is 15.7. The molecule has 1 aromatic carbocycles. The molecule has 3 saturated heterocycles. The highest BCUT2D eigenvalue weighted by Gasteiger charge is 2.52. The maximum atomic E-state index is 13.3. The largest absolute Gasteiger partial charge is 0.416 e. The molecule has 12 heteroatoms. The van der Waals surface area contributed by atoms with Gasteiger partial charge in [-0.2, -0.15) is 13.2 Å². The van der Waals surface area contributed by atoms with E-state index in [1.807, 2.05) is 0 Å². The highest BCUT2D eigenvalue weighted by molar-refractivity contribution is 6.07. The predicted octanol–water partition coefficient (Wildman–Crippen LogP) is 1.58. The number of amides is 3. The molecule has 3 aliphatic heterocycles. The van der Waals surface area contributed by atoms with Crippen LogP contribution in [-0.4, -0.2) is 46.6 Å². The molecule has 2 aromatic rings. The lowest BCUT2D eigenvalue weighted by Gasteiger charge is -2.53. The lowest BCUT2D eigenvalue weighted by atomic mass is 9.76. The Kier molecular flexibility index (Phi) is 5.20. The highest BCUT2D eigenvalue weighted by Crippen LogP contribution is 2.38. The Morgan fingerprint density at radius 3 is 2.61 bits per heavy atom. The summed E-state index contributed by atoms with van der Waals surface area (Å²) in [7, 11) is 0. The van der Waals surface area contributed by atoms with E-state index in [0.29, 0.717) is 6.54 Å². The zero-order valence-corrected chi connectivity index (χ0v) is 17.3. The summed E-state index contributed by atoms with van der Waals surface area (Å²) in [6, 6.07) is 2.60. The Morgan fingerprint density at radius 2 is 1.88 bits per heavy atom. The Labute approximate surface area is 186 Å². The number of fused-ring (bicyclic) bond motifs is 3. The number of aromatic nitrogens is 2. The minimum absolute atomic E-state index is 0.0656. The van der Waals surface area contributed by atoms with Crippen LogP contribution >= 0.6 is 0 Å². The third-order valence-electron chi connectivity index (χ3n) is 6.60. The molecule has 0 spiro atoms. The number of nitrogens with two attached hydrogens (primary N) is 1. The average Bonchev–Trinajstić information content (AvgIpc) is 2.79. The first-order valence-corrected chi connectivity index (χ1v) is 10.6. The topological polar surface area (TPSA) is 125 Å². The van der Waals surface area contributed by atoms with E-state index in [-0.39, 0.29) is 29.8 Å². The number of hydrogen-bond donors (Lipinski definition) is 4. The number of imide groups is 1. The number of hydrogen-bond acceptors (Lipinski definition) is 7. The molecule has 5 unspecified atom stereocenters. The number of rotatable bonds is 2. The Morgan fingerprint density at radius 1 is 1.12 bits per heavy atom. The van der Waals surface area contributed by atoms with Gasteiger partial charge in [-0.3, -0.25) is 15.0 Å². The van der Waals surface area contributed by atoms with Gasteiger partial charge in [-0.25, -0.2) is 14.8 Å². The van der Waals surface area contributed by atoms with Crippen molar-refractivity contribution in [2.24, 2.45) is 5.92 Å². The quantitative estimate of drug-likeness (QED) is 0.535. The summed E-state index contributed by atoms with van der Waals surface area (Å²) in [5.74, 6) is -0.927. The van der Waals surface area contributed by atoms with Crippen LogP contribution in [0.5, 0.6) is 0 Å². The number of nitrogens with zero attached hydrogens (tertiary/aromatic N) is 3. The number of piperidine rings is 2. The van der Waals surface area contributed by atoms with Crippen molar-refractivity contribution < 1.29 is 22.8 Å². The molecular formula is C21H22F3N7O2. The van der Waals surface area contributed by atoms with Crippen molar-refractivity contribution in [1.29, 1.82) is 0 Å². The van der Waals surface area contributed by atoms with Crippen molar-refractivity contribution in [2.45, 2.75) is 43.2 Å². The van der Waals surface area contributed by atoms with Crippen LogP contribution in [0.4, 0.5) is 29.6 Å². The summed E-state index contributed by atoms with van der Waals surface area (Å²) < 4.78 is 40.0. The van der Waals surface area contributed by atoms with Crippen LogP contribution in [0.15, 0.2) is 36.7 Å². The summed E-state index contributed by atoms with van der Waals surface area (Å²) in [4.78, 5) is 34.9. The molecule has 3 amide bonds. The number of anilines is 2. The second-order valence-corrected chi connectivity index (χ2v) is 8.52. The molecule has 5 rings (SSSR count). The van der Waals surface area contributed by atoms with Gasteiger partial charge in [-0.15, -0.1) is 0 Å². The number of carbonyl (C=O) groups excluding carboxylic acids is 2. The number of carbonyl (C=O) groups is 2. The van der Waals surface area contributed by atoms with Gasteiger partial charge in [-0.1, -0.05) is 6.07 Å². The summed E-state index contributed by atoms with van der Waals surface area (Å²) >= 11 is 0. The van der Waals surface area contributed by atoms with Crippen molar-refractivity contribution in [2.75, 3.05) is 17.2 Å². The molecule has 3 fully saturated rings. The molecule has 33 heavy (non-hydrogen) atoms. The summed E-state index contributed by atoms with van der Waals surface area (Å²) in [6.07, 6.45) is 0.178. The van der Waals surface area contributed by atoms with E-state index in [1.54, 1.807) is 12.4 Å². The van der Waals surface area contributed by atoms with Crippen LogP contribution in [-0.2, 0) is 11.0 Å². The van der Waals surface area contributed by atoms with Crippen LogP contribution in [0.3, 0.4) is 0 Å². The monoisotopic (exact) mass is 461 g/mol. The number of benzene rings is 1. The summed E-state index contributed by atoms with van der Waals surface area (Å²) in [6.45, 7) is 0.317. The van der Waals surface area contributed by atoms with Gasteiger partial charge in [0.15, 0.2) is 0 Å². The number of nitrogens with one attached hydrogen (secondary N) is 3. The predicted molar refractivity (Wildman–Crippen MR) is 112 cm³/mol. The average molecular weight is 461 g/mol. The molecule has 5 atom stereocenters. The normalized spacial score (nSPS) is 29.8. The van der Waals surface area contributed by atoms with E-state index in [4.69, 9.17) is 5.73 Å². The standard InChI is InChI=1S/C21H22F3N7O2/c22-21(23,24)11-2-1-3-12(6-11)31-17-13(18(32)30-20(31)33)9-26-15-5-4-14(29-16(15)17)10-7-27-19(25)28-8-10/h1-3,6-8,13-17,26,29H,4-5,9H2,(H2,25,27,28)(H,30,32,33). The molecule has 5 N–H and O–H groups in total. The first-order valence-electron chi connectivity index (χ1n) is 10.6. The van der Waals surface area contributed by atoms with E-state index in [0.717, 1.165) is 30.5 Å². The molecule has 4 heterocycles. The van der Waals surface area contributed by atoms with Gasteiger partial charge >= 0.3 is 12.2 Å². The molecule has 9 nitrogen and oxygen atoms in total. The van der Waals surface area contributed by atoms with E-state index < -0.39 is 35.6 Å². The Balaban J connectivity index is 1.52. The third-order valence-corrected chi connectivity index (χ3v) is 6.60. The fraction of sp³-hybridized carbons (Fsp3) is 0.429. The zero-order valence-electron chi connectivity index (χ0n) is 17.3. The van der Waals surface area contributed by atoms with Gasteiger partial charge in [0.2, 0.25) is 11.9 Å². The Hall–Kier alpha value is -3.25.